The number of hydrogen-bond donors (Lipinski definition) is 2. The minimum absolute atomic E-state index is 0.168. The topological polar surface area (TPSA) is 99.6 Å². The predicted molar refractivity (Wildman–Crippen MR) is 110 cm³/mol. The highest BCUT2D eigenvalue weighted by Crippen LogP contribution is 2.35. The van der Waals surface area contributed by atoms with Gasteiger partial charge in [-0.05, 0) is 48.0 Å². The molecule has 0 amide bonds. The molecule has 6 nitrogen and oxygen atoms in total. The van der Waals surface area contributed by atoms with Gasteiger partial charge in [0.05, 0.1) is 5.56 Å². The number of carboxylic acid groups (broad SMARTS) is 1. The summed E-state index contributed by atoms with van der Waals surface area (Å²) in [5, 5.41) is 9.01. The molecule has 0 spiro atoms. The van der Waals surface area contributed by atoms with Crippen molar-refractivity contribution in [1.82, 2.24) is 4.98 Å². The maximum Gasteiger partial charge on any atom is 0.335 e. The van der Waals surface area contributed by atoms with Gasteiger partial charge in [0.25, 0.3) is 5.82 Å². The lowest BCUT2D eigenvalue weighted by atomic mass is 10.0. The van der Waals surface area contributed by atoms with Crippen LogP contribution in [0.2, 0.25) is 0 Å². The van der Waals surface area contributed by atoms with Crippen molar-refractivity contribution in [1.29, 1.82) is 0 Å². The molecular formula is C23H17FN3O3+. The third kappa shape index (κ3) is 3.95. The first-order chi connectivity index (χ1) is 14.5. The van der Waals surface area contributed by atoms with Gasteiger partial charge in [0.1, 0.15) is 35.4 Å². The highest BCUT2D eigenvalue weighted by atomic mass is 19.1. The molecule has 0 atom stereocenters. The highest BCUT2D eigenvalue weighted by Gasteiger charge is 2.13. The van der Waals surface area contributed by atoms with Crippen molar-refractivity contribution in [3.05, 3.63) is 90.5 Å². The van der Waals surface area contributed by atoms with Gasteiger partial charge in [-0.25, -0.2) is 19.2 Å². The summed E-state index contributed by atoms with van der Waals surface area (Å²) in [4.78, 5) is 18.0. The number of H-pyrrole nitrogens is 1. The number of nitrogens with one attached hydrogen (secondary N) is 1. The zero-order chi connectivity index (χ0) is 21.1. The van der Waals surface area contributed by atoms with E-state index in [0.717, 1.165) is 0 Å². The van der Waals surface area contributed by atoms with Crippen molar-refractivity contribution in [3.63, 3.8) is 0 Å². The molecule has 4 rings (SSSR count). The van der Waals surface area contributed by atoms with Crippen LogP contribution in [0.1, 0.15) is 10.4 Å². The molecular weight excluding hydrogens is 385 g/mol. The average molecular weight is 402 g/mol. The fraction of sp³-hybridized carbons (Fsp3) is 0. The van der Waals surface area contributed by atoms with Crippen LogP contribution < -0.4 is 15.5 Å². The maximum absolute atomic E-state index is 14.8. The molecule has 0 aliphatic rings. The number of nitrogen functional groups attached to an aromatic ring is 1. The first-order valence-corrected chi connectivity index (χ1v) is 9.05. The maximum atomic E-state index is 14.8. The van der Waals surface area contributed by atoms with E-state index < -0.39 is 11.8 Å². The lowest BCUT2D eigenvalue weighted by molar-refractivity contribution is -0.360. The standard InChI is InChI=1S/C23H16FN3O3/c24-19-11-15(7-10-18(19)20-12-27-22(25)13-26-20)17-3-1-2-4-21(17)30-16-8-5-14(6-9-16)23(28)29/h1-13H,(H2,25,27)(H,28,29)/p+1. The summed E-state index contributed by atoms with van der Waals surface area (Å²) in [6.07, 6.45) is 2.98. The summed E-state index contributed by atoms with van der Waals surface area (Å²) < 4.78 is 20.7. The van der Waals surface area contributed by atoms with Gasteiger partial charge >= 0.3 is 5.97 Å². The largest absolute Gasteiger partial charge is 0.478 e. The number of para-hydroxylation sites is 1. The van der Waals surface area contributed by atoms with E-state index in [2.05, 4.69) is 9.97 Å². The van der Waals surface area contributed by atoms with Gasteiger partial charge < -0.3 is 9.84 Å². The summed E-state index contributed by atoms with van der Waals surface area (Å²) in [7, 11) is 0. The summed E-state index contributed by atoms with van der Waals surface area (Å²) in [6.45, 7) is 0. The molecule has 0 radical (unpaired) electrons. The second-order valence-electron chi connectivity index (χ2n) is 6.51. The summed E-state index contributed by atoms with van der Waals surface area (Å²) in [5.74, 6) is -0.0550. The van der Waals surface area contributed by atoms with Crippen molar-refractivity contribution >= 4 is 11.8 Å². The molecule has 148 valence electrons. The Morgan fingerprint density at radius 3 is 2.47 bits per heavy atom. The van der Waals surface area contributed by atoms with Crippen molar-refractivity contribution in [3.8, 4) is 33.9 Å². The molecule has 4 aromatic rings. The molecule has 1 aromatic heterocycles. The molecule has 0 unspecified atom stereocenters. The van der Waals surface area contributed by atoms with E-state index in [-0.39, 0.29) is 5.56 Å². The summed E-state index contributed by atoms with van der Waals surface area (Å²) >= 11 is 0. The van der Waals surface area contributed by atoms with E-state index in [1.807, 2.05) is 18.2 Å². The van der Waals surface area contributed by atoms with Crippen LogP contribution in [-0.2, 0) is 0 Å². The Hall–Kier alpha value is -4.26. The molecule has 30 heavy (non-hydrogen) atoms. The van der Waals surface area contributed by atoms with E-state index in [9.17, 15) is 9.18 Å². The Balaban J connectivity index is 1.65. The van der Waals surface area contributed by atoms with Crippen molar-refractivity contribution in [2.45, 2.75) is 0 Å². The quantitative estimate of drug-likeness (QED) is 0.514. The third-order valence-electron chi connectivity index (χ3n) is 4.49. The molecule has 1 heterocycles. The molecule has 7 heteroatoms. The fourth-order valence-electron chi connectivity index (χ4n) is 2.99. The van der Waals surface area contributed by atoms with Crippen LogP contribution in [0.5, 0.6) is 11.5 Å². The third-order valence-corrected chi connectivity index (χ3v) is 4.49. The Morgan fingerprint density at radius 2 is 1.80 bits per heavy atom. The minimum Gasteiger partial charge on any atom is -0.478 e. The second kappa shape index (κ2) is 8.00. The average Bonchev–Trinajstić information content (AvgIpc) is 2.75. The number of benzene rings is 3. The minimum atomic E-state index is -1.01. The second-order valence-corrected chi connectivity index (χ2v) is 6.51. The number of nitrogens with two attached hydrogens (primary N) is 1. The number of hydrogen-bond acceptors (Lipinski definition) is 4. The number of halogens is 1. The number of anilines is 1. The summed E-state index contributed by atoms with van der Waals surface area (Å²) in [6, 6.07) is 18.2. The molecule has 3 aromatic carbocycles. The lowest BCUT2D eigenvalue weighted by Gasteiger charge is -2.12. The molecule has 0 bridgehead atoms. The van der Waals surface area contributed by atoms with Crippen LogP contribution in [0.25, 0.3) is 22.4 Å². The molecule has 0 fully saturated rings. The van der Waals surface area contributed by atoms with E-state index in [1.54, 1.807) is 36.5 Å². The van der Waals surface area contributed by atoms with Gasteiger partial charge in [-0.3, -0.25) is 5.73 Å². The Kier molecular flexibility index (Phi) is 5.09. The Morgan fingerprint density at radius 1 is 1.03 bits per heavy atom. The van der Waals surface area contributed by atoms with Gasteiger partial charge in [-0.1, -0.05) is 24.3 Å². The SMILES string of the molecule is Nc1cnc(-c2ccc(-c3ccccc3Oc3ccc(C(=O)O)cc3)cc2F)c[nH+]1. The zero-order valence-corrected chi connectivity index (χ0v) is 15.7. The normalized spacial score (nSPS) is 10.6. The lowest BCUT2D eigenvalue weighted by Crippen LogP contribution is -2.10. The monoisotopic (exact) mass is 402 g/mol. The van der Waals surface area contributed by atoms with Gasteiger partial charge in [-0.2, -0.15) is 0 Å². The molecule has 0 aliphatic carbocycles. The number of aromatic carboxylic acids is 1. The number of carbonyl (C=O) groups is 1. The predicted octanol–water partition coefficient (Wildman–Crippen LogP) is 4.44. The Bertz CT molecular complexity index is 1210. The number of aromatic nitrogens is 2. The van der Waals surface area contributed by atoms with Crippen molar-refractivity contribution in [2.75, 3.05) is 5.73 Å². The van der Waals surface area contributed by atoms with Crippen LogP contribution in [0.15, 0.2) is 79.1 Å². The highest BCUT2D eigenvalue weighted by molar-refractivity contribution is 5.87. The van der Waals surface area contributed by atoms with E-state index in [1.165, 1.54) is 24.4 Å². The van der Waals surface area contributed by atoms with Crippen LogP contribution in [0.3, 0.4) is 0 Å². The Labute approximate surface area is 171 Å². The molecule has 4 N–H and O–H groups in total. The van der Waals surface area contributed by atoms with Crippen LogP contribution in [-0.4, -0.2) is 16.1 Å². The van der Waals surface area contributed by atoms with Gasteiger partial charge in [0.15, 0.2) is 0 Å². The van der Waals surface area contributed by atoms with Crippen LogP contribution >= 0.6 is 0 Å². The van der Waals surface area contributed by atoms with Crippen LogP contribution in [0.4, 0.5) is 10.2 Å². The number of aromatic amines is 1. The van der Waals surface area contributed by atoms with Crippen LogP contribution in [0, 0.1) is 5.82 Å². The van der Waals surface area contributed by atoms with Gasteiger partial charge in [0, 0.05) is 11.1 Å². The number of nitrogens with zero attached hydrogens (tertiary/aromatic N) is 1. The first kappa shape index (κ1) is 19.1. The summed E-state index contributed by atoms with van der Waals surface area (Å²) in [5.41, 5.74) is 7.87. The van der Waals surface area contributed by atoms with E-state index >= 15 is 0 Å². The van der Waals surface area contributed by atoms with Crippen molar-refractivity contribution < 1.29 is 24.0 Å². The van der Waals surface area contributed by atoms with E-state index in [4.69, 9.17) is 15.6 Å². The number of rotatable bonds is 5. The smallest absolute Gasteiger partial charge is 0.335 e. The molecule has 0 aliphatic heterocycles. The number of ether oxygens (including phenoxy) is 1. The molecule has 0 saturated carbocycles. The van der Waals surface area contributed by atoms with Gasteiger partial charge in [-0.15, -0.1) is 0 Å². The van der Waals surface area contributed by atoms with E-state index in [0.29, 0.717) is 39.7 Å². The van der Waals surface area contributed by atoms with Gasteiger partial charge in [0.2, 0.25) is 0 Å². The first-order valence-electron chi connectivity index (χ1n) is 9.05. The number of carboxylic acids is 1. The van der Waals surface area contributed by atoms with Crippen molar-refractivity contribution in [2.24, 2.45) is 0 Å². The fourth-order valence-corrected chi connectivity index (χ4v) is 2.99. The molecule has 0 saturated heterocycles. The zero-order valence-electron chi connectivity index (χ0n) is 15.7.